The molecule has 0 N–H and O–H groups in total. The molecule has 0 unspecified atom stereocenters. The van der Waals surface area contributed by atoms with Gasteiger partial charge in [0.15, 0.2) is 5.65 Å². The highest BCUT2D eigenvalue weighted by Gasteiger charge is 2.14. The molecule has 0 saturated heterocycles. The van der Waals surface area contributed by atoms with Crippen LogP contribution in [0.25, 0.3) is 5.65 Å². The Bertz CT molecular complexity index is 857. The van der Waals surface area contributed by atoms with Gasteiger partial charge in [0.2, 0.25) is 5.16 Å². The van der Waals surface area contributed by atoms with Crippen molar-refractivity contribution in [3.8, 4) is 0 Å². The van der Waals surface area contributed by atoms with Crippen molar-refractivity contribution in [2.45, 2.75) is 31.3 Å². The van der Waals surface area contributed by atoms with E-state index in [1.54, 1.807) is 16.8 Å². The van der Waals surface area contributed by atoms with Crippen LogP contribution in [0.2, 0.25) is 0 Å². The summed E-state index contributed by atoms with van der Waals surface area (Å²) in [4.78, 5) is 16.4. The number of pyridine rings is 1. The zero-order valence-corrected chi connectivity index (χ0v) is 14.5. The van der Waals surface area contributed by atoms with Crippen molar-refractivity contribution in [1.82, 2.24) is 29.6 Å². The molecule has 3 heterocycles. The number of nitrogens with zero attached hydrogens (tertiary/aromatic N) is 6. The number of fused-ring (bicyclic) bond motifs is 1. The van der Waals surface area contributed by atoms with Crippen LogP contribution in [-0.4, -0.2) is 42.7 Å². The minimum Gasteiger partial charge on any atom is -0.465 e. The molecule has 9 heteroatoms. The number of thioether (sulfide) groups is 1. The highest BCUT2D eigenvalue weighted by molar-refractivity contribution is 7.98. The minimum absolute atomic E-state index is 0.397. The van der Waals surface area contributed by atoms with Gasteiger partial charge in [0.05, 0.1) is 12.8 Å². The van der Waals surface area contributed by atoms with Gasteiger partial charge in [-0.2, -0.15) is 0 Å². The van der Waals surface area contributed by atoms with Crippen LogP contribution in [0.4, 0.5) is 0 Å². The van der Waals surface area contributed by atoms with Crippen molar-refractivity contribution in [3.63, 3.8) is 0 Å². The number of carbonyl (C=O) groups is 1. The average molecular weight is 346 g/mol. The number of imidazole rings is 1. The Balaban J connectivity index is 1.79. The monoisotopic (exact) mass is 346 g/mol. The summed E-state index contributed by atoms with van der Waals surface area (Å²) in [5.74, 6) is 0.678. The van der Waals surface area contributed by atoms with Crippen molar-refractivity contribution < 1.29 is 9.53 Å². The molecule has 3 aromatic heterocycles. The van der Waals surface area contributed by atoms with Crippen molar-refractivity contribution in [2.24, 2.45) is 5.92 Å². The van der Waals surface area contributed by atoms with E-state index in [2.05, 4.69) is 34.4 Å². The van der Waals surface area contributed by atoms with Gasteiger partial charge in [-0.25, -0.2) is 14.5 Å². The average Bonchev–Trinajstić information content (AvgIpc) is 3.17. The Morgan fingerprint density at radius 3 is 3.00 bits per heavy atom. The minimum atomic E-state index is -0.397. The molecule has 3 rings (SSSR count). The van der Waals surface area contributed by atoms with Gasteiger partial charge in [-0.15, -0.1) is 5.10 Å². The van der Waals surface area contributed by atoms with Crippen LogP contribution < -0.4 is 0 Å². The maximum Gasteiger partial charge on any atom is 0.341 e. The Kier molecular flexibility index (Phi) is 4.79. The van der Waals surface area contributed by atoms with Gasteiger partial charge in [-0.1, -0.05) is 25.6 Å². The molecule has 126 valence electrons. The molecule has 0 saturated carbocycles. The van der Waals surface area contributed by atoms with E-state index in [-0.39, 0.29) is 0 Å². The van der Waals surface area contributed by atoms with Crippen LogP contribution in [-0.2, 0) is 17.0 Å². The standard InChI is InChI=1S/C15H18N6O2S/c1-10(2)7-21-15(17-18-19-21)24-9-11-8-20-6-4-5-12(13(20)16-11)14(22)23-3/h4-6,8,10H,7,9H2,1-3H3. The second-order valence-corrected chi connectivity index (χ2v) is 6.65. The number of aromatic nitrogens is 6. The molecule has 3 aromatic rings. The Morgan fingerprint density at radius 1 is 1.42 bits per heavy atom. The first-order valence-electron chi connectivity index (χ1n) is 7.52. The van der Waals surface area contributed by atoms with Gasteiger partial charge in [-0.3, -0.25) is 0 Å². The normalized spacial score (nSPS) is 11.3. The van der Waals surface area contributed by atoms with Crippen molar-refractivity contribution in [3.05, 3.63) is 35.8 Å². The molecule has 0 fully saturated rings. The molecule has 0 amide bonds. The molecular weight excluding hydrogens is 328 g/mol. The second kappa shape index (κ2) is 7.00. The maximum atomic E-state index is 11.8. The lowest BCUT2D eigenvalue weighted by Crippen LogP contribution is -2.07. The Labute approximate surface area is 143 Å². The number of esters is 1. The summed E-state index contributed by atoms with van der Waals surface area (Å²) in [6.45, 7) is 5.01. The van der Waals surface area contributed by atoms with E-state index in [1.165, 1.54) is 18.9 Å². The van der Waals surface area contributed by atoms with Crippen LogP contribution >= 0.6 is 11.8 Å². The number of methoxy groups -OCH3 is 1. The summed E-state index contributed by atoms with van der Waals surface area (Å²) >= 11 is 1.52. The van der Waals surface area contributed by atoms with E-state index >= 15 is 0 Å². The number of ether oxygens (including phenoxy) is 1. The van der Waals surface area contributed by atoms with E-state index in [1.807, 2.05) is 16.8 Å². The van der Waals surface area contributed by atoms with Crippen LogP contribution in [0.3, 0.4) is 0 Å². The summed E-state index contributed by atoms with van der Waals surface area (Å²) in [6.07, 6.45) is 3.75. The van der Waals surface area contributed by atoms with E-state index < -0.39 is 5.97 Å². The molecule has 24 heavy (non-hydrogen) atoms. The lowest BCUT2D eigenvalue weighted by atomic mass is 10.2. The number of hydrogen-bond acceptors (Lipinski definition) is 7. The number of tetrazole rings is 1. The third-order valence-corrected chi connectivity index (χ3v) is 4.31. The number of hydrogen-bond donors (Lipinski definition) is 0. The fourth-order valence-corrected chi connectivity index (χ4v) is 3.07. The van der Waals surface area contributed by atoms with Gasteiger partial charge >= 0.3 is 5.97 Å². The molecule has 8 nitrogen and oxygen atoms in total. The summed E-state index contributed by atoms with van der Waals surface area (Å²) in [5.41, 5.74) is 1.87. The van der Waals surface area contributed by atoms with E-state index in [4.69, 9.17) is 4.74 Å². The summed E-state index contributed by atoms with van der Waals surface area (Å²) in [6, 6.07) is 3.50. The van der Waals surface area contributed by atoms with E-state index in [9.17, 15) is 4.79 Å². The largest absolute Gasteiger partial charge is 0.465 e. The summed E-state index contributed by atoms with van der Waals surface area (Å²) in [5, 5.41) is 12.6. The lowest BCUT2D eigenvalue weighted by molar-refractivity contribution is 0.0602. The van der Waals surface area contributed by atoms with Gasteiger partial charge in [0.1, 0.15) is 5.56 Å². The third-order valence-electron chi connectivity index (χ3n) is 3.32. The Morgan fingerprint density at radius 2 is 2.25 bits per heavy atom. The van der Waals surface area contributed by atoms with Crippen LogP contribution in [0.15, 0.2) is 29.7 Å². The summed E-state index contributed by atoms with van der Waals surface area (Å²) in [7, 11) is 1.36. The molecule has 0 atom stereocenters. The predicted octanol–water partition coefficient (Wildman–Crippen LogP) is 2.06. The zero-order valence-electron chi connectivity index (χ0n) is 13.7. The topological polar surface area (TPSA) is 87.2 Å². The maximum absolute atomic E-state index is 11.8. The molecule has 0 aromatic carbocycles. The Hall–Kier alpha value is -2.42. The fraction of sp³-hybridized carbons (Fsp3) is 0.400. The van der Waals surface area contributed by atoms with Crippen molar-refractivity contribution in [1.29, 1.82) is 0 Å². The summed E-state index contributed by atoms with van der Waals surface area (Å²) < 4.78 is 8.41. The quantitative estimate of drug-likeness (QED) is 0.498. The molecule has 0 radical (unpaired) electrons. The number of carbonyl (C=O) groups excluding carboxylic acids is 1. The lowest BCUT2D eigenvalue weighted by Gasteiger charge is -2.05. The first kappa shape index (κ1) is 16.4. The predicted molar refractivity (Wildman–Crippen MR) is 88.7 cm³/mol. The van der Waals surface area contributed by atoms with Crippen LogP contribution in [0.1, 0.15) is 29.9 Å². The third kappa shape index (κ3) is 3.40. The van der Waals surface area contributed by atoms with E-state index in [0.717, 1.165) is 17.4 Å². The van der Waals surface area contributed by atoms with Crippen LogP contribution in [0, 0.1) is 5.92 Å². The molecule has 0 spiro atoms. The smallest absolute Gasteiger partial charge is 0.341 e. The highest BCUT2D eigenvalue weighted by atomic mass is 32.2. The van der Waals surface area contributed by atoms with Gasteiger partial charge in [0.25, 0.3) is 0 Å². The highest BCUT2D eigenvalue weighted by Crippen LogP contribution is 2.21. The van der Waals surface area contributed by atoms with Crippen LogP contribution in [0.5, 0.6) is 0 Å². The molecule has 0 aliphatic rings. The van der Waals surface area contributed by atoms with Crippen molar-refractivity contribution in [2.75, 3.05) is 7.11 Å². The molecule has 0 aliphatic carbocycles. The van der Waals surface area contributed by atoms with Crippen molar-refractivity contribution >= 4 is 23.4 Å². The molecule has 0 aliphatic heterocycles. The molecular formula is C15H18N6O2S. The fourth-order valence-electron chi connectivity index (χ4n) is 2.30. The van der Waals surface area contributed by atoms with Gasteiger partial charge in [-0.05, 0) is 28.5 Å². The number of rotatable bonds is 6. The van der Waals surface area contributed by atoms with Gasteiger partial charge < -0.3 is 9.14 Å². The van der Waals surface area contributed by atoms with E-state index in [0.29, 0.717) is 22.9 Å². The SMILES string of the molecule is COC(=O)c1cccn2cc(CSc3nnnn3CC(C)C)nc12. The zero-order chi connectivity index (χ0) is 17.1. The molecule has 0 bridgehead atoms. The van der Waals surface area contributed by atoms with Gasteiger partial charge in [0, 0.05) is 24.7 Å². The first-order valence-corrected chi connectivity index (χ1v) is 8.51. The second-order valence-electron chi connectivity index (χ2n) is 5.70. The first-order chi connectivity index (χ1) is 11.6.